The van der Waals surface area contributed by atoms with Crippen LogP contribution in [0.4, 0.5) is 0 Å². The van der Waals surface area contributed by atoms with Crippen LogP contribution in [0.15, 0.2) is 84.9 Å². The van der Waals surface area contributed by atoms with Gasteiger partial charge >= 0.3 is 0 Å². The summed E-state index contributed by atoms with van der Waals surface area (Å²) in [6.45, 7) is 7.21. The highest BCUT2D eigenvalue weighted by atomic mass is 35.5. The molecule has 3 atom stereocenters. The van der Waals surface area contributed by atoms with Gasteiger partial charge in [-0.3, -0.25) is 24.6 Å². The van der Waals surface area contributed by atoms with Crippen molar-refractivity contribution in [2.75, 3.05) is 13.1 Å². The number of carbonyl (C=O) groups is 3. The number of nitrogens with zero attached hydrogens (tertiary/aromatic N) is 1. The molecule has 0 aromatic heterocycles. The molecule has 232 valence electrons. The maximum Gasteiger partial charge on any atom is 0.248 e. The summed E-state index contributed by atoms with van der Waals surface area (Å²) in [6.07, 6.45) is 2.37. The van der Waals surface area contributed by atoms with E-state index in [-0.39, 0.29) is 24.6 Å². The molecule has 0 aliphatic rings. The van der Waals surface area contributed by atoms with Crippen LogP contribution in [0.25, 0.3) is 0 Å². The Hall–Kier alpha value is -3.72. The van der Waals surface area contributed by atoms with Crippen LogP contribution in [0.2, 0.25) is 0 Å². The second kappa shape index (κ2) is 18.1. The van der Waals surface area contributed by atoms with Crippen molar-refractivity contribution in [3.8, 4) is 5.75 Å². The molecule has 3 amide bonds. The first kappa shape index (κ1) is 35.5. The fraction of sp³-hybridized carbons (Fsp3) is 0.382. The number of halogens is 1. The molecule has 3 aromatic carbocycles. The Morgan fingerprint density at radius 3 is 1.88 bits per heavy atom. The van der Waals surface area contributed by atoms with E-state index in [0.717, 1.165) is 24.0 Å². The van der Waals surface area contributed by atoms with Gasteiger partial charge in [-0.1, -0.05) is 86.6 Å². The Balaban J connectivity index is 0.00000645. The number of aromatic hydroxyl groups is 1. The quantitative estimate of drug-likeness (QED) is 0.206. The van der Waals surface area contributed by atoms with E-state index in [1.165, 1.54) is 24.6 Å². The van der Waals surface area contributed by atoms with E-state index >= 15 is 0 Å². The van der Waals surface area contributed by atoms with Crippen LogP contribution >= 0.6 is 12.4 Å². The third-order valence-electron chi connectivity index (χ3n) is 7.27. The minimum absolute atomic E-state index is 0. The van der Waals surface area contributed by atoms with E-state index in [2.05, 4.69) is 41.5 Å². The summed E-state index contributed by atoms with van der Waals surface area (Å²) in [5.41, 5.74) is 9.03. The summed E-state index contributed by atoms with van der Waals surface area (Å²) >= 11 is 0. The van der Waals surface area contributed by atoms with Crippen molar-refractivity contribution in [3.05, 3.63) is 102 Å². The van der Waals surface area contributed by atoms with E-state index in [4.69, 9.17) is 5.73 Å². The van der Waals surface area contributed by atoms with Gasteiger partial charge in [-0.05, 0) is 73.9 Å². The molecule has 43 heavy (non-hydrogen) atoms. The number of phenolic OH excluding ortho intramolecular Hbond substituents is 1. The standard InChI is InChI=1S/C34H44N4O4.ClH/c1-24(2)18-20-38(21-19-26-10-6-4-7-11-26)31(23-27-12-8-5-9-13-27)34(42)37-32(40)25(3)36-33(41)30(35)22-28-14-16-29(39)17-15-28;/h4-17,24-25,30-31,39H,18-23,35H2,1-3H3,(H,36,41)(H,37,40,42);1H/t25-,30+,31+;/m1./s1. The molecule has 8 nitrogen and oxygen atoms in total. The zero-order chi connectivity index (χ0) is 30.5. The topological polar surface area (TPSA) is 125 Å². The van der Waals surface area contributed by atoms with Crippen molar-refractivity contribution in [2.45, 2.75) is 64.6 Å². The molecular weight excluding hydrogens is 564 g/mol. The van der Waals surface area contributed by atoms with E-state index in [0.29, 0.717) is 25.4 Å². The molecule has 0 aliphatic carbocycles. The van der Waals surface area contributed by atoms with Crippen LogP contribution in [-0.2, 0) is 33.6 Å². The number of carbonyl (C=O) groups excluding carboxylic acids is 3. The number of benzene rings is 3. The summed E-state index contributed by atoms with van der Waals surface area (Å²) in [5.74, 6) is -0.904. The van der Waals surface area contributed by atoms with Gasteiger partial charge in [-0.2, -0.15) is 0 Å². The van der Waals surface area contributed by atoms with Gasteiger partial charge < -0.3 is 16.2 Å². The van der Waals surface area contributed by atoms with Crippen LogP contribution in [0.3, 0.4) is 0 Å². The smallest absolute Gasteiger partial charge is 0.248 e. The van der Waals surface area contributed by atoms with Gasteiger partial charge in [-0.25, -0.2) is 0 Å². The molecule has 0 saturated heterocycles. The first-order valence-electron chi connectivity index (χ1n) is 14.6. The van der Waals surface area contributed by atoms with Crippen LogP contribution in [-0.4, -0.2) is 58.9 Å². The Morgan fingerprint density at radius 2 is 1.30 bits per heavy atom. The molecule has 3 aromatic rings. The molecule has 0 saturated carbocycles. The summed E-state index contributed by atoms with van der Waals surface area (Å²) in [6, 6.07) is 23.9. The first-order chi connectivity index (χ1) is 20.1. The van der Waals surface area contributed by atoms with Crippen LogP contribution in [0.1, 0.15) is 43.9 Å². The second-order valence-corrected chi connectivity index (χ2v) is 11.2. The third-order valence-corrected chi connectivity index (χ3v) is 7.27. The minimum atomic E-state index is -0.960. The van der Waals surface area contributed by atoms with Crippen LogP contribution in [0.5, 0.6) is 5.75 Å². The van der Waals surface area contributed by atoms with Gasteiger partial charge in [-0.15, -0.1) is 12.4 Å². The van der Waals surface area contributed by atoms with Crippen molar-refractivity contribution in [2.24, 2.45) is 11.7 Å². The Morgan fingerprint density at radius 1 is 0.744 bits per heavy atom. The molecule has 0 unspecified atom stereocenters. The van der Waals surface area contributed by atoms with Crippen molar-refractivity contribution in [1.29, 1.82) is 0 Å². The predicted octanol–water partition coefficient (Wildman–Crippen LogP) is 4.03. The summed E-state index contributed by atoms with van der Waals surface area (Å²) < 4.78 is 0. The fourth-order valence-corrected chi connectivity index (χ4v) is 4.67. The zero-order valence-corrected chi connectivity index (χ0v) is 26.1. The maximum absolute atomic E-state index is 13.7. The number of phenols is 1. The molecular formula is C34H45ClN4O4. The number of amides is 3. The number of hydrogen-bond donors (Lipinski definition) is 4. The van der Waals surface area contributed by atoms with Gasteiger partial charge in [0.15, 0.2) is 0 Å². The average molecular weight is 609 g/mol. The molecule has 0 bridgehead atoms. The highest BCUT2D eigenvalue weighted by molar-refractivity contribution is 6.01. The molecule has 0 aliphatic heterocycles. The van der Waals surface area contributed by atoms with Crippen molar-refractivity contribution >= 4 is 30.1 Å². The zero-order valence-electron chi connectivity index (χ0n) is 25.2. The number of nitrogens with two attached hydrogens (primary N) is 1. The lowest BCUT2D eigenvalue weighted by Gasteiger charge is -2.32. The lowest BCUT2D eigenvalue weighted by atomic mass is 10.0. The van der Waals surface area contributed by atoms with Gasteiger partial charge in [0.1, 0.15) is 11.8 Å². The maximum atomic E-state index is 13.7. The van der Waals surface area contributed by atoms with E-state index in [1.54, 1.807) is 12.1 Å². The molecule has 0 spiro atoms. The van der Waals surface area contributed by atoms with Gasteiger partial charge in [0.2, 0.25) is 17.7 Å². The van der Waals surface area contributed by atoms with E-state index < -0.39 is 35.8 Å². The van der Waals surface area contributed by atoms with Crippen LogP contribution < -0.4 is 16.4 Å². The lowest BCUT2D eigenvalue weighted by Crippen LogP contribution is -2.55. The number of nitrogens with one attached hydrogen (secondary N) is 2. The largest absolute Gasteiger partial charge is 0.508 e. The number of imide groups is 1. The highest BCUT2D eigenvalue weighted by Crippen LogP contribution is 2.15. The Labute approximate surface area is 261 Å². The molecule has 3 rings (SSSR count). The second-order valence-electron chi connectivity index (χ2n) is 11.2. The average Bonchev–Trinajstić information content (AvgIpc) is 2.98. The van der Waals surface area contributed by atoms with Crippen molar-refractivity contribution in [1.82, 2.24) is 15.5 Å². The summed E-state index contributed by atoms with van der Waals surface area (Å²) in [5, 5.41) is 14.7. The normalized spacial score (nSPS) is 13.1. The first-order valence-corrected chi connectivity index (χ1v) is 14.6. The van der Waals surface area contributed by atoms with Crippen molar-refractivity contribution < 1.29 is 19.5 Å². The predicted molar refractivity (Wildman–Crippen MR) is 173 cm³/mol. The minimum Gasteiger partial charge on any atom is -0.508 e. The molecule has 5 N–H and O–H groups in total. The van der Waals surface area contributed by atoms with Gasteiger partial charge in [0.05, 0.1) is 12.1 Å². The summed E-state index contributed by atoms with van der Waals surface area (Å²) in [4.78, 5) is 41.7. The number of rotatable bonds is 15. The SMILES string of the molecule is CC(C)CCN(CCc1ccccc1)[C@@H](Cc1ccccc1)C(=O)NC(=O)[C@@H](C)NC(=O)[C@@H](N)Cc1ccc(O)cc1.Cl. The Bertz CT molecular complexity index is 1270. The summed E-state index contributed by atoms with van der Waals surface area (Å²) in [7, 11) is 0. The monoisotopic (exact) mass is 608 g/mol. The molecule has 0 heterocycles. The van der Waals surface area contributed by atoms with Crippen LogP contribution in [0, 0.1) is 5.92 Å². The Kier molecular flexibility index (Phi) is 14.9. The third kappa shape index (κ3) is 12.2. The molecule has 9 heteroatoms. The fourth-order valence-electron chi connectivity index (χ4n) is 4.67. The van der Waals surface area contributed by atoms with E-state index in [1.807, 2.05) is 48.5 Å². The lowest BCUT2D eigenvalue weighted by molar-refractivity contribution is -0.136. The van der Waals surface area contributed by atoms with E-state index in [9.17, 15) is 19.5 Å². The van der Waals surface area contributed by atoms with Crippen molar-refractivity contribution in [3.63, 3.8) is 0 Å². The molecule has 0 radical (unpaired) electrons. The van der Waals surface area contributed by atoms with Gasteiger partial charge in [0.25, 0.3) is 0 Å². The van der Waals surface area contributed by atoms with Gasteiger partial charge in [0, 0.05) is 6.54 Å². The number of hydrogen-bond acceptors (Lipinski definition) is 6. The molecule has 0 fully saturated rings. The highest BCUT2D eigenvalue weighted by Gasteiger charge is 2.29.